The maximum absolute atomic E-state index is 12.9. The number of amides is 1. The molecule has 0 aliphatic carbocycles. The Morgan fingerprint density at radius 2 is 1.68 bits per heavy atom. The Labute approximate surface area is 148 Å². The Bertz CT molecular complexity index is 739. The first-order valence-corrected chi connectivity index (χ1v) is 10.0. The molecule has 0 bridgehead atoms. The molecule has 2 heterocycles. The number of rotatable bonds is 3. The molecule has 25 heavy (non-hydrogen) atoms. The lowest BCUT2D eigenvalue weighted by molar-refractivity contribution is -0.135. The van der Waals surface area contributed by atoms with Gasteiger partial charge in [0, 0.05) is 44.6 Å². The number of hydrogen-bond donors (Lipinski definition) is 0. The fourth-order valence-electron chi connectivity index (χ4n) is 2.97. The van der Waals surface area contributed by atoms with E-state index in [2.05, 4.69) is 0 Å². The summed E-state index contributed by atoms with van der Waals surface area (Å²) in [4.78, 5) is 14.0. The van der Waals surface area contributed by atoms with Crippen LogP contribution in [0, 0.1) is 5.92 Å². The largest absolute Gasteiger partial charge is 0.490 e. The van der Waals surface area contributed by atoms with E-state index in [1.165, 1.54) is 10.4 Å². The Kier molecular flexibility index (Phi) is 5.19. The molecule has 0 spiro atoms. The smallest absolute Gasteiger partial charge is 0.243 e. The minimum atomic E-state index is -3.62. The van der Waals surface area contributed by atoms with Crippen LogP contribution in [0.4, 0.5) is 0 Å². The molecule has 0 aromatic heterocycles. The molecule has 138 valence electrons. The van der Waals surface area contributed by atoms with Gasteiger partial charge in [-0.2, -0.15) is 4.31 Å². The van der Waals surface area contributed by atoms with E-state index in [9.17, 15) is 13.2 Å². The average molecular weight is 368 g/mol. The molecule has 3 rings (SSSR count). The van der Waals surface area contributed by atoms with Gasteiger partial charge in [0.25, 0.3) is 0 Å². The fraction of sp³-hybridized carbons (Fsp3) is 0.588. The van der Waals surface area contributed by atoms with E-state index in [4.69, 9.17) is 9.47 Å². The van der Waals surface area contributed by atoms with E-state index in [-0.39, 0.29) is 16.7 Å². The molecular formula is C17H24N2O5S. The molecule has 0 unspecified atom stereocenters. The summed E-state index contributed by atoms with van der Waals surface area (Å²) in [5, 5.41) is 0. The van der Waals surface area contributed by atoms with Gasteiger partial charge in [0.05, 0.1) is 18.1 Å². The van der Waals surface area contributed by atoms with Crippen molar-refractivity contribution in [2.75, 3.05) is 39.4 Å². The first kappa shape index (κ1) is 18.0. The zero-order valence-corrected chi connectivity index (χ0v) is 15.4. The predicted octanol–water partition coefficient (Wildman–Crippen LogP) is 1.34. The average Bonchev–Trinajstić information content (AvgIpc) is 2.85. The van der Waals surface area contributed by atoms with Crippen LogP contribution in [0.15, 0.2) is 23.1 Å². The molecule has 1 fully saturated rings. The van der Waals surface area contributed by atoms with E-state index in [0.29, 0.717) is 50.9 Å². The molecular weight excluding hydrogens is 344 g/mol. The summed E-state index contributed by atoms with van der Waals surface area (Å²) in [6.45, 7) is 6.20. The zero-order chi connectivity index (χ0) is 18.0. The second-order valence-electron chi connectivity index (χ2n) is 6.54. The van der Waals surface area contributed by atoms with Gasteiger partial charge in [-0.1, -0.05) is 13.8 Å². The highest BCUT2D eigenvalue weighted by molar-refractivity contribution is 7.89. The van der Waals surface area contributed by atoms with Crippen LogP contribution < -0.4 is 9.47 Å². The molecule has 1 amide bonds. The monoisotopic (exact) mass is 368 g/mol. The number of hydrogen-bond acceptors (Lipinski definition) is 5. The summed E-state index contributed by atoms with van der Waals surface area (Å²) < 4.78 is 38.4. The first-order chi connectivity index (χ1) is 11.9. The van der Waals surface area contributed by atoms with Crippen molar-refractivity contribution >= 4 is 15.9 Å². The van der Waals surface area contributed by atoms with Gasteiger partial charge in [-0.25, -0.2) is 8.42 Å². The second-order valence-corrected chi connectivity index (χ2v) is 8.48. The summed E-state index contributed by atoms with van der Waals surface area (Å²) in [5.74, 6) is 1.02. The van der Waals surface area contributed by atoms with Crippen LogP contribution in [0.2, 0.25) is 0 Å². The molecule has 1 aromatic rings. The van der Waals surface area contributed by atoms with Crippen LogP contribution >= 0.6 is 0 Å². The lowest BCUT2D eigenvalue weighted by atomic mass is 10.2. The topological polar surface area (TPSA) is 76.2 Å². The minimum absolute atomic E-state index is 0.0626. The van der Waals surface area contributed by atoms with E-state index in [1.807, 2.05) is 13.8 Å². The number of ether oxygens (including phenoxy) is 2. The summed E-state index contributed by atoms with van der Waals surface area (Å²) in [7, 11) is -3.62. The van der Waals surface area contributed by atoms with Crippen molar-refractivity contribution in [1.82, 2.24) is 9.21 Å². The van der Waals surface area contributed by atoms with Crippen LogP contribution in [0.1, 0.15) is 20.3 Å². The van der Waals surface area contributed by atoms with Gasteiger partial charge in [-0.3, -0.25) is 4.79 Å². The number of piperazine rings is 1. The van der Waals surface area contributed by atoms with Gasteiger partial charge in [0.1, 0.15) is 0 Å². The lowest BCUT2D eigenvalue weighted by Gasteiger charge is -2.34. The highest BCUT2D eigenvalue weighted by Gasteiger charge is 2.31. The standard InChI is InChI=1S/C17H24N2O5S/c1-13(2)17(20)18-6-8-19(9-7-18)25(21,22)14-4-5-15-16(12-14)24-11-3-10-23-15/h4-5,12-13H,3,6-11H2,1-2H3. The number of benzene rings is 1. The highest BCUT2D eigenvalue weighted by Crippen LogP contribution is 2.33. The summed E-state index contributed by atoms with van der Waals surface area (Å²) in [6, 6.07) is 4.72. The second kappa shape index (κ2) is 7.21. The third-order valence-electron chi connectivity index (χ3n) is 4.40. The van der Waals surface area contributed by atoms with E-state index < -0.39 is 10.0 Å². The van der Waals surface area contributed by atoms with Crippen molar-refractivity contribution in [3.05, 3.63) is 18.2 Å². The number of carbonyl (C=O) groups is 1. The molecule has 2 aliphatic rings. The Balaban J connectivity index is 1.74. The van der Waals surface area contributed by atoms with Crippen LogP contribution in [-0.2, 0) is 14.8 Å². The van der Waals surface area contributed by atoms with Crippen molar-refractivity contribution in [3.63, 3.8) is 0 Å². The third kappa shape index (κ3) is 3.74. The van der Waals surface area contributed by atoms with Crippen molar-refractivity contribution in [2.24, 2.45) is 5.92 Å². The molecule has 0 N–H and O–H groups in total. The van der Waals surface area contributed by atoms with Gasteiger partial charge in [0.15, 0.2) is 11.5 Å². The van der Waals surface area contributed by atoms with E-state index >= 15 is 0 Å². The Morgan fingerprint density at radius 3 is 2.32 bits per heavy atom. The minimum Gasteiger partial charge on any atom is -0.490 e. The van der Waals surface area contributed by atoms with E-state index in [1.54, 1.807) is 17.0 Å². The van der Waals surface area contributed by atoms with Crippen molar-refractivity contribution in [1.29, 1.82) is 0 Å². The quantitative estimate of drug-likeness (QED) is 0.805. The van der Waals surface area contributed by atoms with Gasteiger partial charge >= 0.3 is 0 Å². The molecule has 0 atom stereocenters. The summed E-state index contributed by atoms with van der Waals surface area (Å²) >= 11 is 0. The summed E-state index contributed by atoms with van der Waals surface area (Å²) in [5.41, 5.74) is 0. The maximum atomic E-state index is 12.9. The van der Waals surface area contributed by atoms with Crippen molar-refractivity contribution in [3.8, 4) is 11.5 Å². The van der Waals surface area contributed by atoms with Crippen molar-refractivity contribution < 1.29 is 22.7 Å². The molecule has 8 heteroatoms. The van der Waals surface area contributed by atoms with Gasteiger partial charge in [-0.05, 0) is 12.1 Å². The Morgan fingerprint density at radius 1 is 1.04 bits per heavy atom. The van der Waals surface area contributed by atoms with E-state index in [0.717, 1.165) is 6.42 Å². The van der Waals surface area contributed by atoms with Crippen LogP contribution in [0.3, 0.4) is 0 Å². The molecule has 7 nitrogen and oxygen atoms in total. The Hall–Kier alpha value is -1.80. The molecule has 1 aromatic carbocycles. The number of nitrogens with zero attached hydrogens (tertiary/aromatic N) is 2. The van der Waals surface area contributed by atoms with Gasteiger partial charge < -0.3 is 14.4 Å². The number of fused-ring (bicyclic) bond motifs is 1. The van der Waals surface area contributed by atoms with Crippen molar-refractivity contribution in [2.45, 2.75) is 25.2 Å². The predicted molar refractivity (Wildman–Crippen MR) is 92.2 cm³/mol. The number of sulfonamides is 1. The lowest BCUT2D eigenvalue weighted by Crippen LogP contribution is -2.51. The van der Waals surface area contributed by atoms with Gasteiger partial charge in [-0.15, -0.1) is 0 Å². The maximum Gasteiger partial charge on any atom is 0.243 e. The third-order valence-corrected chi connectivity index (χ3v) is 6.30. The molecule has 0 radical (unpaired) electrons. The van der Waals surface area contributed by atoms with Crippen LogP contribution in [-0.4, -0.2) is 62.9 Å². The molecule has 2 aliphatic heterocycles. The number of carbonyl (C=O) groups excluding carboxylic acids is 1. The summed E-state index contributed by atoms with van der Waals surface area (Å²) in [6.07, 6.45) is 0.766. The highest BCUT2D eigenvalue weighted by atomic mass is 32.2. The normalized spacial score (nSPS) is 18.9. The molecule has 0 saturated carbocycles. The zero-order valence-electron chi connectivity index (χ0n) is 14.6. The first-order valence-electron chi connectivity index (χ1n) is 8.58. The van der Waals surface area contributed by atoms with Gasteiger partial charge in [0.2, 0.25) is 15.9 Å². The SMILES string of the molecule is CC(C)C(=O)N1CCN(S(=O)(=O)c2ccc3c(c2)OCCCO3)CC1. The molecule has 1 saturated heterocycles. The van der Waals surface area contributed by atoms with Crippen LogP contribution in [0.5, 0.6) is 11.5 Å². The fourth-order valence-corrected chi connectivity index (χ4v) is 4.41. The van der Waals surface area contributed by atoms with Crippen LogP contribution in [0.25, 0.3) is 0 Å².